The number of hydrogen-bond acceptors (Lipinski definition) is 3. The van der Waals surface area contributed by atoms with Crippen molar-refractivity contribution in [2.75, 3.05) is 13.1 Å². The van der Waals surface area contributed by atoms with Crippen molar-refractivity contribution in [3.8, 4) is 0 Å². The normalized spacial score (nSPS) is 15.9. The van der Waals surface area contributed by atoms with E-state index >= 15 is 0 Å². The highest BCUT2D eigenvalue weighted by Gasteiger charge is 2.29. The van der Waals surface area contributed by atoms with Crippen LogP contribution in [-0.2, 0) is 4.74 Å². The largest absolute Gasteiger partial charge is 0.444 e. The molecule has 2 aromatic carbocycles. The topological polar surface area (TPSA) is 58.6 Å². The van der Waals surface area contributed by atoms with Gasteiger partial charge in [0, 0.05) is 23.7 Å². The third kappa shape index (κ3) is 7.00. The number of ether oxygens (including phenoxy) is 1. The lowest BCUT2D eigenvalue weighted by atomic mass is 9.87. The van der Waals surface area contributed by atoms with Gasteiger partial charge in [-0.15, -0.1) is 0 Å². The quantitative estimate of drug-likeness (QED) is 0.631. The molecule has 5 nitrogen and oxygen atoms in total. The van der Waals surface area contributed by atoms with Crippen LogP contribution in [0.2, 0.25) is 5.02 Å². The van der Waals surface area contributed by atoms with E-state index in [9.17, 15) is 9.59 Å². The van der Waals surface area contributed by atoms with Crippen LogP contribution in [0.15, 0.2) is 54.6 Å². The molecule has 1 fully saturated rings. The second-order valence-corrected chi connectivity index (χ2v) is 9.53. The first-order valence-corrected chi connectivity index (χ1v) is 11.2. The molecule has 0 spiro atoms. The Kier molecular flexibility index (Phi) is 7.60. The summed E-state index contributed by atoms with van der Waals surface area (Å²) >= 11 is 5.95. The number of carbonyl (C=O) groups is 2. The van der Waals surface area contributed by atoms with Crippen molar-refractivity contribution in [2.45, 2.75) is 51.7 Å². The maximum absolute atomic E-state index is 12.8. The molecular formula is C25H31ClN2O3. The molecule has 1 unspecified atom stereocenters. The van der Waals surface area contributed by atoms with Gasteiger partial charge in [-0.05, 0) is 75.8 Å². The first-order chi connectivity index (χ1) is 14.7. The van der Waals surface area contributed by atoms with E-state index < -0.39 is 5.60 Å². The maximum Gasteiger partial charge on any atom is 0.410 e. The van der Waals surface area contributed by atoms with E-state index in [0.717, 1.165) is 24.8 Å². The number of piperidine rings is 1. The van der Waals surface area contributed by atoms with Crippen molar-refractivity contribution < 1.29 is 14.3 Å². The minimum Gasteiger partial charge on any atom is -0.444 e. The summed E-state index contributed by atoms with van der Waals surface area (Å²) in [5, 5.41) is 3.80. The summed E-state index contributed by atoms with van der Waals surface area (Å²) in [6.07, 6.45) is 2.35. The number of hydrogen-bond donors (Lipinski definition) is 1. The Balaban J connectivity index is 1.63. The van der Waals surface area contributed by atoms with Crippen LogP contribution in [0.25, 0.3) is 0 Å². The van der Waals surface area contributed by atoms with Crippen LogP contribution in [0.5, 0.6) is 0 Å². The number of nitrogens with one attached hydrogen (secondary N) is 1. The predicted molar refractivity (Wildman–Crippen MR) is 123 cm³/mol. The van der Waals surface area contributed by atoms with Gasteiger partial charge in [0.05, 0.1) is 6.04 Å². The summed E-state index contributed by atoms with van der Waals surface area (Å²) in [6.45, 7) is 6.99. The number of amides is 2. The van der Waals surface area contributed by atoms with Crippen molar-refractivity contribution >= 4 is 23.6 Å². The van der Waals surface area contributed by atoms with Crippen LogP contribution < -0.4 is 5.32 Å². The molecule has 0 saturated carbocycles. The lowest BCUT2D eigenvalue weighted by Gasteiger charge is -2.35. The Bertz CT molecular complexity index is 870. The van der Waals surface area contributed by atoms with Crippen molar-refractivity contribution in [3.63, 3.8) is 0 Å². The minimum atomic E-state index is -0.488. The van der Waals surface area contributed by atoms with Crippen LogP contribution in [0, 0.1) is 5.92 Å². The van der Waals surface area contributed by atoms with Crippen molar-refractivity contribution in [2.24, 2.45) is 5.92 Å². The number of likely N-dealkylation sites (tertiary alicyclic amines) is 1. The van der Waals surface area contributed by atoms with Gasteiger partial charge >= 0.3 is 6.09 Å². The molecule has 2 amide bonds. The molecule has 0 aromatic heterocycles. The summed E-state index contributed by atoms with van der Waals surface area (Å²) in [5.41, 5.74) is 1.18. The lowest BCUT2D eigenvalue weighted by Crippen LogP contribution is -2.42. The summed E-state index contributed by atoms with van der Waals surface area (Å²) in [6, 6.07) is 16.9. The molecule has 1 heterocycles. The van der Waals surface area contributed by atoms with Gasteiger partial charge in [0.2, 0.25) is 0 Å². The molecule has 1 aliphatic heterocycles. The number of carbonyl (C=O) groups excluding carboxylic acids is 2. The van der Waals surface area contributed by atoms with E-state index in [1.165, 1.54) is 0 Å². The molecule has 0 aliphatic carbocycles. The smallest absolute Gasteiger partial charge is 0.410 e. The van der Waals surface area contributed by atoms with E-state index in [0.29, 0.717) is 29.6 Å². The van der Waals surface area contributed by atoms with Crippen molar-refractivity contribution in [1.82, 2.24) is 10.2 Å². The molecule has 1 N–H and O–H groups in total. The SMILES string of the molecule is CC(C)(C)OC(=O)N1CCC(CC(NC(=O)c2ccc(Cl)cc2)c2ccccc2)CC1. The third-order valence-electron chi connectivity index (χ3n) is 5.45. The first-order valence-electron chi connectivity index (χ1n) is 10.8. The van der Waals surface area contributed by atoms with Crippen molar-refractivity contribution in [3.05, 3.63) is 70.7 Å². The number of rotatable bonds is 5. The molecule has 1 aliphatic rings. The summed E-state index contributed by atoms with van der Waals surface area (Å²) in [7, 11) is 0. The maximum atomic E-state index is 12.8. The minimum absolute atomic E-state index is 0.0949. The summed E-state index contributed by atoms with van der Waals surface area (Å²) in [4.78, 5) is 26.9. The summed E-state index contributed by atoms with van der Waals surface area (Å²) < 4.78 is 5.49. The Hall–Kier alpha value is -2.53. The average Bonchev–Trinajstić information content (AvgIpc) is 2.73. The Labute approximate surface area is 189 Å². The second-order valence-electron chi connectivity index (χ2n) is 9.09. The Morgan fingerprint density at radius 2 is 1.68 bits per heavy atom. The van der Waals surface area contributed by atoms with E-state index in [-0.39, 0.29) is 18.0 Å². The zero-order chi connectivity index (χ0) is 22.4. The average molecular weight is 443 g/mol. The Morgan fingerprint density at radius 1 is 1.06 bits per heavy atom. The molecule has 1 saturated heterocycles. The molecule has 166 valence electrons. The van der Waals surface area contributed by atoms with Gasteiger partial charge in [-0.3, -0.25) is 4.79 Å². The van der Waals surface area contributed by atoms with E-state index in [4.69, 9.17) is 16.3 Å². The number of benzene rings is 2. The zero-order valence-electron chi connectivity index (χ0n) is 18.4. The van der Waals surface area contributed by atoms with Gasteiger partial charge < -0.3 is 15.0 Å². The number of nitrogens with zero attached hydrogens (tertiary/aromatic N) is 1. The first kappa shape index (κ1) is 23.1. The fraction of sp³-hybridized carbons (Fsp3) is 0.440. The molecule has 1 atom stereocenters. The van der Waals surface area contributed by atoms with Crippen LogP contribution >= 0.6 is 11.6 Å². The molecule has 6 heteroatoms. The molecule has 31 heavy (non-hydrogen) atoms. The highest BCUT2D eigenvalue weighted by Crippen LogP contribution is 2.29. The fourth-order valence-electron chi connectivity index (χ4n) is 3.82. The van der Waals surface area contributed by atoms with Gasteiger partial charge in [-0.25, -0.2) is 4.79 Å². The van der Waals surface area contributed by atoms with Gasteiger partial charge in [0.15, 0.2) is 0 Å². The fourth-order valence-corrected chi connectivity index (χ4v) is 3.94. The zero-order valence-corrected chi connectivity index (χ0v) is 19.2. The second kappa shape index (κ2) is 10.2. The highest BCUT2D eigenvalue weighted by molar-refractivity contribution is 6.30. The van der Waals surface area contributed by atoms with Gasteiger partial charge in [0.25, 0.3) is 5.91 Å². The molecule has 2 aromatic rings. The van der Waals surface area contributed by atoms with E-state index in [1.807, 2.05) is 51.1 Å². The monoisotopic (exact) mass is 442 g/mol. The van der Waals surface area contributed by atoms with E-state index in [2.05, 4.69) is 5.32 Å². The third-order valence-corrected chi connectivity index (χ3v) is 5.70. The van der Waals surface area contributed by atoms with Crippen molar-refractivity contribution in [1.29, 1.82) is 0 Å². The van der Waals surface area contributed by atoms with E-state index in [1.54, 1.807) is 29.2 Å². The Morgan fingerprint density at radius 3 is 2.26 bits per heavy atom. The lowest BCUT2D eigenvalue weighted by molar-refractivity contribution is 0.0178. The number of halogens is 1. The van der Waals surface area contributed by atoms with Gasteiger partial charge in [-0.2, -0.15) is 0 Å². The van der Waals surface area contributed by atoms with Gasteiger partial charge in [0.1, 0.15) is 5.60 Å². The molecule has 0 radical (unpaired) electrons. The van der Waals surface area contributed by atoms with Crippen LogP contribution in [0.3, 0.4) is 0 Å². The summed E-state index contributed by atoms with van der Waals surface area (Å²) in [5.74, 6) is 0.297. The highest BCUT2D eigenvalue weighted by atomic mass is 35.5. The van der Waals surface area contributed by atoms with Crippen LogP contribution in [0.1, 0.15) is 62.0 Å². The standard InChI is InChI=1S/C25H31ClN2O3/c1-25(2,3)31-24(30)28-15-13-18(14-16-28)17-22(19-7-5-4-6-8-19)27-23(29)20-9-11-21(26)12-10-20/h4-12,18,22H,13-17H2,1-3H3,(H,27,29). The molecule has 0 bridgehead atoms. The van der Waals surface area contributed by atoms with Crippen LogP contribution in [0.4, 0.5) is 4.79 Å². The molecule has 3 rings (SSSR count). The predicted octanol–water partition coefficient (Wildman–Crippen LogP) is 5.85. The molecular weight excluding hydrogens is 412 g/mol. The van der Waals surface area contributed by atoms with Crippen LogP contribution in [-0.4, -0.2) is 35.6 Å². The van der Waals surface area contributed by atoms with Gasteiger partial charge in [-0.1, -0.05) is 41.9 Å².